The van der Waals surface area contributed by atoms with Crippen LogP contribution in [0.2, 0.25) is 0 Å². The molecule has 0 aliphatic carbocycles. The maximum Gasteiger partial charge on any atom is 0.224 e. The SMILES string of the molecule is CC(=O)N1c2ccc(-c3ccc(N4CCN(C)CC4)cc3)cc2[C@@H](Nc2ccccc2)C[C@H]1C. The first-order valence-electron chi connectivity index (χ1n) is 12.3. The molecular formula is C29H34N4O. The van der Waals surface area contributed by atoms with Crippen molar-refractivity contribution < 1.29 is 4.79 Å². The highest BCUT2D eigenvalue weighted by atomic mass is 16.2. The third kappa shape index (κ3) is 4.53. The van der Waals surface area contributed by atoms with Crippen molar-refractivity contribution in [3.05, 3.63) is 78.4 Å². The first-order valence-corrected chi connectivity index (χ1v) is 12.3. The zero-order chi connectivity index (χ0) is 23.7. The molecule has 0 spiro atoms. The molecule has 34 heavy (non-hydrogen) atoms. The number of carbonyl (C=O) groups is 1. The van der Waals surface area contributed by atoms with Crippen LogP contribution in [0, 0.1) is 0 Å². The third-order valence-corrected chi connectivity index (χ3v) is 7.20. The van der Waals surface area contributed by atoms with Crippen molar-refractivity contribution in [3.8, 4) is 11.1 Å². The van der Waals surface area contributed by atoms with Crippen molar-refractivity contribution in [2.24, 2.45) is 0 Å². The van der Waals surface area contributed by atoms with E-state index >= 15 is 0 Å². The van der Waals surface area contributed by atoms with Gasteiger partial charge in [0, 0.05) is 56.2 Å². The lowest BCUT2D eigenvalue weighted by Gasteiger charge is -2.39. The summed E-state index contributed by atoms with van der Waals surface area (Å²) in [6.45, 7) is 8.15. The van der Waals surface area contributed by atoms with Crippen LogP contribution in [0.25, 0.3) is 11.1 Å². The second-order valence-electron chi connectivity index (χ2n) is 9.65. The van der Waals surface area contributed by atoms with E-state index in [-0.39, 0.29) is 18.0 Å². The molecule has 176 valence electrons. The van der Waals surface area contributed by atoms with Crippen LogP contribution in [0.5, 0.6) is 0 Å². The number of para-hydroxylation sites is 1. The molecule has 1 saturated heterocycles. The van der Waals surface area contributed by atoms with Crippen LogP contribution in [0.3, 0.4) is 0 Å². The molecule has 0 bridgehead atoms. The van der Waals surface area contributed by atoms with Crippen molar-refractivity contribution in [2.75, 3.05) is 48.3 Å². The molecule has 5 nitrogen and oxygen atoms in total. The maximum atomic E-state index is 12.5. The second-order valence-corrected chi connectivity index (χ2v) is 9.65. The van der Waals surface area contributed by atoms with Gasteiger partial charge in [-0.3, -0.25) is 4.79 Å². The molecular weight excluding hydrogens is 420 g/mol. The van der Waals surface area contributed by atoms with Crippen LogP contribution in [-0.4, -0.2) is 50.1 Å². The molecule has 2 aliphatic rings. The van der Waals surface area contributed by atoms with Gasteiger partial charge in [0.15, 0.2) is 0 Å². The van der Waals surface area contributed by atoms with Gasteiger partial charge >= 0.3 is 0 Å². The summed E-state index contributed by atoms with van der Waals surface area (Å²) < 4.78 is 0. The standard InChI is InChI=1S/C29H34N4O/c1-21-19-28(30-25-7-5-4-6-8-25)27-20-24(11-14-29(27)33(21)22(2)34)23-9-12-26(13-10-23)32-17-15-31(3)16-18-32/h4-14,20-21,28,30H,15-19H2,1-3H3/t21-,28+/m1/s1. The molecule has 1 fully saturated rings. The number of hydrogen-bond acceptors (Lipinski definition) is 4. The van der Waals surface area contributed by atoms with E-state index in [0.717, 1.165) is 44.0 Å². The van der Waals surface area contributed by atoms with Gasteiger partial charge in [0.1, 0.15) is 0 Å². The molecule has 0 saturated carbocycles. The predicted octanol–water partition coefficient (Wildman–Crippen LogP) is 5.40. The average Bonchev–Trinajstić information content (AvgIpc) is 2.85. The molecule has 2 atom stereocenters. The first kappa shape index (κ1) is 22.5. The number of amides is 1. The number of piperazine rings is 1. The summed E-state index contributed by atoms with van der Waals surface area (Å²) in [5.74, 6) is 0.0937. The van der Waals surface area contributed by atoms with Crippen LogP contribution in [0.4, 0.5) is 17.1 Å². The zero-order valence-corrected chi connectivity index (χ0v) is 20.4. The second kappa shape index (κ2) is 9.51. The number of benzene rings is 3. The summed E-state index contributed by atoms with van der Waals surface area (Å²) in [5, 5.41) is 3.71. The Morgan fingerprint density at radius 2 is 1.56 bits per heavy atom. The van der Waals surface area contributed by atoms with Crippen molar-refractivity contribution in [1.29, 1.82) is 0 Å². The Morgan fingerprint density at radius 1 is 0.882 bits per heavy atom. The normalized spacial score (nSPS) is 20.7. The van der Waals surface area contributed by atoms with Crippen LogP contribution >= 0.6 is 0 Å². The van der Waals surface area contributed by atoms with Crippen molar-refractivity contribution in [1.82, 2.24) is 4.90 Å². The van der Waals surface area contributed by atoms with Crippen LogP contribution in [-0.2, 0) is 4.79 Å². The number of likely N-dealkylation sites (N-methyl/N-ethyl adjacent to an activating group) is 1. The summed E-state index contributed by atoms with van der Waals surface area (Å²) >= 11 is 0. The molecule has 0 unspecified atom stereocenters. The Labute approximate surface area is 203 Å². The smallest absolute Gasteiger partial charge is 0.224 e. The van der Waals surface area contributed by atoms with Gasteiger partial charge in [0.25, 0.3) is 0 Å². The van der Waals surface area contributed by atoms with Gasteiger partial charge in [-0.15, -0.1) is 0 Å². The lowest BCUT2D eigenvalue weighted by molar-refractivity contribution is -0.117. The molecule has 5 heteroatoms. The maximum absolute atomic E-state index is 12.5. The molecule has 2 aliphatic heterocycles. The minimum absolute atomic E-state index is 0.0937. The summed E-state index contributed by atoms with van der Waals surface area (Å²) in [6, 6.07) is 26.1. The molecule has 2 heterocycles. The number of anilines is 3. The van der Waals surface area contributed by atoms with Crippen molar-refractivity contribution in [3.63, 3.8) is 0 Å². The number of carbonyl (C=O) groups excluding carboxylic acids is 1. The molecule has 3 aromatic rings. The fourth-order valence-corrected chi connectivity index (χ4v) is 5.33. The van der Waals surface area contributed by atoms with Gasteiger partial charge in [-0.1, -0.05) is 36.4 Å². The minimum Gasteiger partial charge on any atom is -0.378 e. The number of fused-ring (bicyclic) bond motifs is 1. The molecule has 1 N–H and O–H groups in total. The van der Waals surface area contributed by atoms with Gasteiger partial charge < -0.3 is 20.0 Å². The summed E-state index contributed by atoms with van der Waals surface area (Å²) in [5.41, 5.74) is 6.96. The van der Waals surface area contributed by atoms with Crippen LogP contribution < -0.4 is 15.1 Å². The van der Waals surface area contributed by atoms with E-state index in [1.807, 2.05) is 11.0 Å². The molecule has 5 rings (SSSR count). The zero-order valence-electron chi connectivity index (χ0n) is 20.4. The number of hydrogen-bond donors (Lipinski definition) is 1. The Kier molecular flexibility index (Phi) is 6.29. The lowest BCUT2D eigenvalue weighted by Crippen LogP contribution is -2.44. The average molecular weight is 455 g/mol. The van der Waals surface area contributed by atoms with E-state index in [9.17, 15) is 4.79 Å². The van der Waals surface area contributed by atoms with Crippen LogP contribution in [0.1, 0.15) is 31.9 Å². The Balaban J connectivity index is 1.46. The fraction of sp³-hybridized carbons (Fsp3) is 0.345. The Morgan fingerprint density at radius 3 is 2.24 bits per heavy atom. The van der Waals surface area contributed by atoms with E-state index in [1.165, 1.54) is 22.4 Å². The minimum atomic E-state index is 0.0937. The van der Waals surface area contributed by atoms with E-state index in [2.05, 4.69) is 95.8 Å². The van der Waals surface area contributed by atoms with Crippen molar-refractivity contribution >= 4 is 23.0 Å². The highest BCUT2D eigenvalue weighted by molar-refractivity contribution is 5.94. The predicted molar refractivity (Wildman–Crippen MR) is 142 cm³/mol. The Hall–Kier alpha value is -3.31. The summed E-state index contributed by atoms with van der Waals surface area (Å²) in [7, 11) is 2.18. The molecule has 0 aromatic heterocycles. The van der Waals surface area contributed by atoms with Gasteiger partial charge in [-0.05, 0) is 73.5 Å². The third-order valence-electron chi connectivity index (χ3n) is 7.20. The van der Waals surface area contributed by atoms with E-state index in [4.69, 9.17) is 0 Å². The number of rotatable bonds is 4. The number of nitrogens with one attached hydrogen (secondary N) is 1. The van der Waals surface area contributed by atoms with Gasteiger partial charge in [-0.25, -0.2) is 0 Å². The van der Waals surface area contributed by atoms with Crippen molar-refractivity contribution in [2.45, 2.75) is 32.4 Å². The van der Waals surface area contributed by atoms with Gasteiger partial charge in [0.2, 0.25) is 5.91 Å². The van der Waals surface area contributed by atoms with E-state index in [1.54, 1.807) is 6.92 Å². The highest BCUT2D eigenvalue weighted by Gasteiger charge is 2.32. The molecule has 0 radical (unpaired) electrons. The molecule has 3 aromatic carbocycles. The van der Waals surface area contributed by atoms with Gasteiger partial charge in [0.05, 0.1) is 6.04 Å². The quantitative estimate of drug-likeness (QED) is 0.573. The van der Waals surface area contributed by atoms with E-state index in [0.29, 0.717) is 0 Å². The Bertz CT molecular complexity index is 1140. The lowest BCUT2D eigenvalue weighted by atomic mass is 9.89. The van der Waals surface area contributed by atoms with Gasteiger partial charge in [-0.2, -0.15) is 0 Å². The first-order chi connectivity index (χ1) is 16.5. The summed E-state index contributed by atoms with van der Waals surface area (Å²) in [4.78, 5) is 19.3. The largest absolute Gasteiger partial charge is 0.378 e. The molecule has 1 amide bonds. The summed E-state index contributed by atoms with van der Waals surface area (Å²) in [6.07, 6.45) is 0.868. The highest BCUT2D eigenvalue weighted by Crippen LogP contribution is 2.41. The fourth-order valence-electron chi connectivity index (χ4n) is 5.33. The topological polar surface area (TPSA) is 38.8 Å². The van der Waals surface area contributed by atoms with E-state index < -0.39 is 0 Å². The number of nitrogens with zero attached hydrogens (tertiary/aromatic N) is 3. The monoisotopic (exact) mass is 454 g/mol. The van der Waals surface area contributed by atoms with Crippen LogP contribution in [0.15, 0.2) is 72.8 Å².